The highest BCUT2D eigenvalue weighted by Crippen LogP contribution is 2.26. The highest BCUT2D eigenvalue weighted by Gasteiger charge is 2.16. The minimum atomic E-state index is 0.245. The maximum atomic E-state index is 5.27. The molecule has 2 rings (SSSR count). The Morgan fingerprint density at radius 2 is 2.24 bits per heavy atom. The van der Waals surface area contributed by atoms with Gasteiger partial charge in [-0.2, -0.15) is 26.7 Å². The molecular formula is C9H16N6OS. The van der Waals surface area contributed by atoms with E-state index < -0.39 is 0 Å². The van der Waals surface area contributed by atoms with E-state index in [1.807, 2.05) is 11.8 Å². The van der Waals surface area contributed by atoms with Gasteiger partial charge in [-0.3, -0.25) is 5.43 Å². The molecule has 4 N–H and O–H groups in total. The van der Waals surface area contributed by atoms with Crippen molar-refractivity contribution < 1.29 is 4.74 Å². The normalized spacial score (nSPS) is 19.1. The van der Waals surface area contributed by atoms with Crippen LogP contribution in [0.15, 0.2) is 0 Å². The first-order valence-electron chi connectivity index (χ1n) is 5.44. The largest absolute Gasteiger partial charge is 0.467 e. The number of hydrogen-bond donors (Lipinski definition) is 3. The van der Waals surface area contributed by atoms with E-state index in [2.05, 4.69) is 25.7 Å². The zero-order valence-electron chi connectivity index (χ0n) is 9.64. The molecule has 17 heavy (non-hydrogen) atoms. The quantitative estimate of drug-likeness (QED) is 0.516. The minimum absolute atomic E-state index is 0.245. The molecule has 8 heteroatoms. The first-order valence-corrected chi connectivity index (χ1v) is 6.49. The van der Waals surface area contributed by atoms with Gasteiger partial charge in [0, 0.05) is 11.8 Å². The summed E-state index contributed by atoms with van der Waals surface area (Å²) in [4.78, 5) is 12.1. The second-order valence-electron chi connectivity index (χ2n) is 3.63. The summed E-state index contributed by atoms with van der Waals surface area (Å²) in [5, 5.41) is 3.81. The van der Waals surface area contributed by atoms with Crippen molar-refractivity contribution in [3.8, 4) is 6.01 Å². The van der Waals surface area contributed by atoms with Gasteiger partial charge in [0.25, 0.3) is 0 Å². The van der Waals surface area contributed by atoms with Gasteiger partial charge in [0.05, 0.1) is 7.11 Å². The average molecular weight is 256 g/mol. The van der Waals surface area contributed by atoms with E-state index in [1.165, 1.54) is 25.7 Å². The van der Waals surface area contributed by atoms with Crippen LogP contribution in [0.2, 0.25) is 0 Å². The van der Waals surface area contributed by atoms with E-state index in [4.69, 9.17) is 10.6 Å². The monoisotopic (exact) mass is 256 g/mol. The SMILES string of the molecule is COc1nc(NN)nc(NCC2CCCS2)n1. The second kappa shape index (κ2) is 5.87. The van der Waals surface area contributed by atoms with Crippen molar-refractivity contribution in [2.45, 2.75) is 18.1 Å². The maximum absolute atomic E-state index is 5.27. The fraction of sp³-hybridized carbons (Fsp3) is 0.667. The third-order valence-electron chi connectivity index (χ3n) is 2.44. The number of hydrazine groups is 1. The second-order valence-corrected chi connectivity index (χ2v) is 5.04. The highest BCUT2D eigenvalue weighted by molar-refractivity contribution is 8.00. The smallest absolute Gasteiger partial charge is 0.322 e. The van der Waals surface area contributed by atoms with Crippen LogP contribution in [0.25, 0.3) is 0 Å². The van der Waals surface area contributed by atoms with Crippen LogP contribution in [0.5, 0.6) is 6.01 Å². The average Bonchev–Trinajstić information content (AvgIpc) is 2.89. The third-order valence-corrected chi connectivity index (χ3v) is 3.84. The number of methoxy groups -OCH3 is 1. The Morgan fingerprint density at radius 3 is 2.88 bits per heavy atom. The molecule has 94 valence electrons. The number of aromatic nitrogens is 3. The Labute approximate surface area is 104 Å². The molecule has 0 amide bonds. The van der Waals surface area contributed by atoms with Crippen LogP contribution in [-0.2, 0) is 0 Å². The van der Waals surface area contributed by atoms with E-state index in [-0.39, 0.29) is 6.01 Å². The Kier molecular flexibility index (Phi) is 4.21. The van der Waals surface area contributed by atoms with Gasteiger partial charge in [-0.05, 0) is 18.6 Å². The Hall–Kier alpha value is -1.28. The first kappa shape index (κ1) is 12.2. The van der Waals surface area contributed by atoms with Gasteiger partial charge >= 0.3 is 6.01 Å². The molecule has 0 aromatic carbocycles. The van der Waals surface area contributed by atoms with Crippen LogP contribution in [0, 0.1) is 0 Å². The molecule has 7 nitrogen and oxygen atoms in total. The van der Waals surface area contributed by atoms with Crippen molar-refractivity contribution in [2.75, 3.05) is 30.1 Å². The third kappa shape index (κ3) is 3.34. The molecule has 0 aliphatic carbocycles. The summed E-state index contributed by atoms with van der Waals surface area (Å²) in [5.74, 6) is 7.28. The maximum Gasteiger partial charge on any atom is 0.322 e. The standard InChI is InChI=1S/C9H16N6OS/c1-16-9-13-7(12-8(14-9)15-10)11-5-6-3-2-4-17-6/h6H,2-5,10H2,1H3,(H2,11,12,13,14,15). The summed E-state index contributed by atoms with van der Waals surface area (Å²) >= 11 is 1.98. The minimum Gasteiger partial charge on any atom is -0.467 e. The molecule has 1 fully saturated rings. The number of nitrogen functional groups attached to an aromatic ring is 1. The summed E-state index contributed by atoms with van der Waals surface area (Å²) in [6, 6.07) is 0.245. The van der Waals surface area contributed by atoms with Crippen molar-refractivity contribution in [1.82, 2.24) is 15.0 Å². The Bertz CT molecular complexity index is 348. The van der Waals surface area contributed by atoms with Crippen LogP contribution in [-0.4, -0.2) is 39.6 Å². The molecular weight excluding hydrogens is 240 g/mol. The predicted octanol–water partition coefficient (Wildman–Crippen LogP) is 0.473. The zero-order valence-corrected chi connectivity index (χ0v) is 10.5. The lowest BCUT2D eigenvalue weighted by molar-refractivity contribution is 0.379. The fourth-order valence-corrected chi connectivity index (χ4v) is 2.80. The molecule has 1 aromatic rings. The number of nitrogens with two attached hydrogens (primary N) is 1. The molecule has 1 unspecified atom stereocenters. The van der Waals surface area contributed by atoms with Gasteiger partial charge in [-0.15, -0.1) is 0 Å². The lowest BCUT2D eigenvalue weighted by atomic mass is 10.2. The summed E-state index contributed by atoms with van der Waals surface area (Å²) < 4.78 is 4.97. The van der Waals surface area contributed by atoms with Crippen molar-refractivity contribution in [3.05, 3.63) is 0 Å². The molecule has 0 bridgehead atoms. The summed E-state index contributed by atoms with van der Waals surface area (Å²) in [6.07, 6.45) is 2.52. The van der Waals surface area contributed by atoms with E-state index >= 15 is 0 Å². The fourth-order valence-electron chi connectivity index (χ4n) is 1.60. The molecule has 1 aliphatic heterocycles. The predicted molar refractivity (Wildman–Crippen MR) is 68.2 cm³/mol. The molecule has 0 radical (unpaired) electrons. The number of rotatable bonds is 5. The number of hydrogen-bond acceptors (Lipinski definition) is 8. The van der Waals surface area contributed by atoms with Gasteiger partial charge in [0.2, 0.25) is 11.9 Å². The molecule has 1 saturated heterocycles. The van der Waals surface area contributed by atoms with E-state index in [9.17, 15) is 0 Å². The van der Waals surface area contributed by atoms with Gasteiger partial charge in [-0.25, -0.2) is 5.84 Å². The van der Waals surface area contributed by atoms with Gasteiger partial charge in [-0.1, -0.05) is 0 Å². The van der Waals surface area contributed by atoms with Crippen molar-refractivity contribution in [2.24, 2.45) is 5.84 Å². The van der Waals surface area contributed by atoms with Crippen molar-refractivity contribution in [3.63, 3.8) is 0 Å². The highest BCUT2D eigenvalue weighted by atomic mass is 32.2. The molecule has 0 saturated carbocycles. The zero-order chi connectivity index (χ0) is 12.1. The van der Waals surface area contributed by atoms with Crippen LogP contribution in [0.3, 0.4) is 0 Å². The van der Waals surface area contributed by atoms with Crippen LogP contribution in [0.1, 0.15) is 12.8 Å². The van der Waals surface area contributed by atoms with Gasteiger partial charge in [0.15, 0.2) is 0 Å². The Morgan fingerprint density at radius 1 is 1.41 bits per heavy atom. The van der Waals surface area contributed by atoms with Crippen LogP contribution >= 0.6 is 11.8 Å². The molecule has 1 atom stereocenters. The summed E-state index contributed by atoms with van der Waals surface area (Å²) in [7, 11) is 1.51. The lowest BCUT2D eigenvalue weighted by Crippen LogP contribution is -2.18. The topological polar surface area (TPSA) is 98.0 Å². The van der Waals surface area contributed by atoms with Gasteiger partial charge < -0.3 is 10.1 Å². The van der Waals surface area contributed by atoms with Gasteiger partial charge in [0.1, 0.15) is 0 Å². The van der Waals surface area contributed by atoms with E-state index in [0.717, 1.165) is 6.54 Å². The first-order chi connectivity index (χ1) is 8.31. The van der Waals surface area contributed by atoms with Crippen molar-refractivity contribution in [1.29, 1.82) is 0 Å². The number of anilines is 2. The number of nitrogens with one attached hydrogen (secondary N) is 2. The Balaban J connectivity index is 1.98. The van der Waals surface area contributed by atoms with E-state index in [1.54, 1.807) is 0 Å². The lowest BCUT2D eigenvalue weighted by Gasteiger charge is -2.11. The molecule has 1 aliphatic rings. The van der Waals surface area contributed by atoms with E-state index in [0.29, 0.717) is 17.1 Å². The molecule has 1 aromatic heterocycles. The van der Waals surface area contributed by atoms with Crippen LogP contribution in [0.4, 0.5) is 11.9 Å². The summed E-state index contributed by atoms with van der Waals surface area (Å²) in [6.45, 7) is 0.849. The summed E-state index contributed by atoms with van der Waals surface area (Å²) in [5.41, 5.74) is 2.38. The molecule has 0 spiro atoms. The number of nitrogens with zero attached hydrogens (tertiary/aromatic N) is 3. The molecule has 2 heterocycles. The van der Waals surface area contributed by atoms with Crippen LogP contribution < -0.4 is 21.3 Å². The van der Waals surface area contributed by atoms with Crippen molar-refractivity contribution >= 4 is 23.7 Å². The number of thioether (sulfide) groups is 1. The number of ether oxygens (including phenoxy) is 1.